The number of nitrogens with one attached hydrogen (secondary N) is 2. The summed E-state index contributed by atoms with van der Waals surface area (Å²) in [5, 5.41) is 27.9. The summed E-state index contributed by atoms with van der Waals surface area (Å²) in [5.41, 5.74) is 0.385. The molecule has 1 aliphatic rings. The number of amides is 1. The molecule has 146 valence electrons. The molecule has 3 rings (SSSR count). The van der Waals surface area contributed by atoms with E-state index in [4.69, 9.17) is 11.6 Å². The first kappa shape index (κ1) is 19.5. The van der Waals surface area contributed by atoms with Crippen LogP contribution in [0.4, 0.5) is 22.7 Å². The van der Waals surface area contributed by atoms with Gasteiger partial charge in [0.2, 0.25) is 0 Å². The predicted molar refractivity (Wildman–Crippen MR) is 104 cm³/mol. The van der Waals surface area contributed by atoms with E-state index in [-0.39, 0.29) is 27.6 Å². The van der Waals surface area contributed by atoms with E-state index >= 15 is 0 Å². The van der Waals surface area contributed by atoms with Crippen molar-refractivity contribution < 1.29 is 14.6 Å². The van der Waals surface area contributed by atoms with Crippen LogP contribution in [0.3, 0.4) is 0 Å². The molecular weight excluding hydrogens is 390 g/mol. The number of hydrogen-bond donors (Lipinski definition) is 2. The van der Waals surface area contributed by atoms with Gasteiger partial charge in [-0.2, -0.15) is 0 Å². The summed E-state index contributed by atoms with van der Waals surface area (Å²) in [7, 11) is 0. The fourth-order valence-corrected chi connectivity index (χ4v) is 3.18. The normalized spacial score (nSPS) is 13.8. The Bertz CT molecular complexity index is 946. The van der Waals surface area contributed by atoms with Crippen molar-refractivity contribution in [2.24, 2.45) is 0 Å². The van der Waals surface area contributed by atoms with Gasteiger partial charge in [-0.25, -0.2) is 0 Å². The lowest BCUT2D eigenvalue weighted by atomic mass is 10.1. The minimum Gasteiger partial charge on any atom is -0.363 e. The van der Waals surface area contributed by atoms with E-state index in [1.165, 1.54) is 12.1 Å². The first-order valence-corrected chi connectivity index (χ1v) is 8.74. The number of halogens is 1. The molecule has 2 N–H and O–H groups in total. The second kappa shape index (κ2) is 8.19. The molecule has 0 unspecified atom stereocenters. The molecule has 11 heteroatoms. The second-order valence-electron chi connectivity index (χ2n) is 6.07. The Morgan fingerprint density at radius 3 is 2.39 bits per heavy atom. The van der Waals surface area contributed by atoms with Gasteiger partial charge in [-0.05, 0) is 18.2 Å². The van der Waals surface area contributed by atoms with Gasteiger partial charge in [0.15, 0.2) is 0 Å². The van der Waals surface area contributed by atoms with Gasteiger partial charge in [0.25, 0.3) is 17.3 Å². The number of nitro groups is 2. The summed E-state index contributed by atoms with van der Waals surface area (Å²) in [4.78, 5) is 35.5. The van der Waals surface area contributed by atoms with E-state index in [2.05, 4.69) is 10.6 Å². The highest BCUT2D eigenvalue weighted by molar-refractivity contribution is 6.34. The highest BCUT2D eigenvalue weighted by Gasteiger charge is 2.22. The monoisotopic (exact) mass is 405 g/mol. The number of rotatable bonds is 5. The van der Waals surface area contributed by atoms with Crippen LogP contribution < -0.4 is 15.5 Å². The van der Waals surface area contributed by atoms with E-state index < -0.39 is 15.8 Å². The topological polar surface area (TPSA) is 131 Å². The van der Waals surface area contributed by atoms with Crippen molar-refractivity contribution in [1.29, 1.82) is 0 Å². The van der Waals surface area contributed by atoms with Crippen LogP contribution in [0, 0.1) is 20.2 Å². The molecule has 1 saturated heterocycles. The molecule has 0 atom stereocenters. The third-order valence-electron chi connectivity index (χ3n) is 4.30. The van der Waals surface area contributed by atoms with E-state index in [0.29, 0.717) is 18.8 Å². The van der Waals surface area contributed by atoms with Crippen molar-refractivity contribution in [1.82, 2.24) is 5.32 Å². The number of anilines is 2. The minimum absolute atomic E-state index is 0.0288. The zero-order valence-corrected chi connectivity index (χ0v) is 15.3. The standard InChI is InChI=1S/C17H16ClN5O5/c18-14-10-12(22(25)26)2-3-13(14)17(24)20-11-1-4-15(16(9-11)23(27)28)21-7-5-19-6-8-21/h1-4,9-10,19H,5-8H2,(H,20,24). The Kier molecular flexibility index (Phi) is 5.71. The highest BCUT2D eigenvalue weighted by Crippen LogP contribution is 2.32. The maximum absolute atomic E-state index is 12.4. The van der Waals surface area contributed by atoms with Crippen LogP contribution in [0.2, 0.25) is 5.02 Å². The van der Waals surface area contributed by atoms with Crippen molar-refractivity contribution in [3.8, 4) is 0 Å². The van der Waals surface area contributed by atoms with Crippen molar-refractivity contribution in [2.45, 2.75) is 0 Å². The Morgan fingerprint density at radius 1 is 1.07 bits per heavy atom. The number of benzene rings is 2. The largest absolute Gasteiger partial charge is 0.363 e. The molecule has 0 bridgehead atoms. The smallest absolute Gasteiger partial charge is 0.294 e. The number of hydrogen-bond acceptors (Lipinski definition) is 7. The van der Waals surface area contributed by atoms with Crippen LogP contribution in [0.25, 0.3) is 0 Å². The van der Waals surface area contributed by atoms with Gasteiger partial charge in [-0.3, -0.25) is 25.0 Å². The summed E-state index contributed by atoms with van der Waals surface area (Å²) < 4.78 is 0. The van der Waals surface area contributed by atoms with Gasteiger partial charge in [0.05, 0.1) is 20.4 Å². The predicted octanol–water partition coefficient (Wildman–Crippen LogP) is 2.82. The van der Waals surface area contributed by atoms with E-state index in [1.54, 1.807) is 12.1 Å². The van der Waals surface area contributed by atoms with E-state index in [0.717, 1.165) is 25.2 Å². The lowest BCUT2D eigenvalue weighted by Crippen LogP contribution is -2.43. The molecular formula is C17H16ClN5O5. The number of non-ortho nitro benzene ring substituents is 1. The molecule has 1 amide bonds. The lowest BCUT2D eigenvalue weighted by molar-refractivity contribution is -0.384. The van der Waals surface area contributed by atoms with Gasteiger partial charge in [0.1, 0.15) is 5.69 Å². The molecule has 0 aliphatic carbocycles. The average Bonchev–Trinajstić information content (AvgIpc) is 2.68. The van der Waals surface area contributed by atoms with Gasteiger partial charge >= 0.3 is 0 Å². The number of nitro benzene ring substituents is 2. The molecule has 0 radical (unpaired) electrons. The summed E-state index contributed by atoms with van der Waals surface area (Å²) in [6, 6.07) is 7.93. The molecule has 1 aliphatic heterocycles. The van der Waals surface area contributed by atoms with Gasteiger partial charge in [-0.1, -0.05) is 11.6 Å². The minimum atomic E-state index is -0.621. The summed E-state index contributed by atoms with van der Waals surface area (Å²) in [6.45, 7) is 2.75. The van der Waals surface area contributed by atoms with Crippen LogP contribution in [0.1, 0.15) is 10.4 Å². The van der Waals surface area contributed by atoms with Crippen LogP contribution >= 0.6 is 11.6 Å². The number of nitrogens with zero attached hydrogens (tertiary/aromatic N) is 3. The van der Waals surface area contributed by atoms with Crippen LogP contribution in [-0.4, -0.2) is 41.9 Å². The third-order valence-corrected chi connectivity index (χ3v) is 4.61. The summed E-state index contributed by atoms with van der Waals surface area (Å²) in [6.07, 6.45) is 0. The van der Waals surface area contributed by atoms with E-state index in [9.17, 15) is 25.0 Å². The molecule has 0 saturated carbocycles. The zero-order chi connectivity index (χ0) is 20.3. The number of piperazine rings is 1. The van der Waals surface area contributed by atoms with Crippen LogP contribution in [0.5, 0.6) is 0 Å². The van der Waals surface area contributed by atoms with Crippen molar-refractivity contribution in [3.63, 3.8) is 0 Å². The molecule has 2 aromatic carbocycles. The van der Waals surface area contributed by atoms with E-state index in [1.807, 2.05) is 4.90 Å². The zero-order valence-electron chi connectivity index (χ0n) is 14.6. The molecule has 1 heterocycles. The van der Waals surface area contributed by atoms with Gasteiger partial charge in [0, 0.05) is 50.1 Å². The fraction of sp³-hybridized carbons (Fsp3) is 0.235. The molecule has 1 fully saturated rings. The summed E-state index contributed by atoms with van der Waals surface area (Å²) >= 11 is 5.96. The van der Waals surface area contributed by atoms with Crippen LogP contribution in [0.15, 0.2) is 36.4 Å². The fourth-order valence-electron chi connectivity index (χ4n) is 2.92. The molecule has 2 aromatic rings. The average molecular weight is 406 g/mol. The Labute approximate surface area is 164 Å². The number of carbonyl (C=O) groups excluding carboxylic acids is 1. The molecule has 0 aromatic heterocycles. The molecule has 28 heavy (non-hydrogen) atoms. The van der Waals surface area contributed by atoms with Crippen molar-refractivity contribution in [3.05, 3.63) is 67.2 Å². The Balaban J connectivity index is 1.84. The molecule has 10 nitrogen and oxygen atoms in total. The third kappa shape index (κ3) is 4.18. The highest BCUT2D eigenvalue weighted by atomic mass is 35.5. The maximum Gasteiger partial charge on any atom is 0.294 e. The SMILES string of the molecule is O=C(Nc1ccc(N2CCNCC2)c([N+](=O)[O-])c1)c1ccc([N+](=O)[O-])cc1Cl. The molecule has 0 spiro atoms. The Morgan fingerprint density at radius 2 is 1.79 bits per heavy atom. The first-order chi connectivity index (χ1) is 13.4. The lowest BCUT2D eigenvalue weighted by Gasteiger charge is -2.29. The van der Waals surface area contributed by atoms with Crippen molar-refractivity contribution >= 4 is 40.3 Å². The number of carbonyl (C=O) groups is 1. The van der Waals surface area contributed by atoms with Gasteiger partial charge < -0.3 is 15.5 Å². The van der Waals surface area contributed by atoms with Gasteiger partial charge in [-0.15, -0.1) is 0 Å². The first-order valence-electron chi connectivity index (χ1n) is 8.36. The van der Waals surface area contributed by atoms with Crippen LogP contribution in [-0.2, 0) is 0 Å². The Hall–Kier alpha value is -3.24. The van der Waals surface area contributed by atoms with Crippen molar-refractivity contribution in [2.75, 3.05) is 36.4 Å². The maximum atomic E-state index is 12.4. The second-order valence-corrected chi connectivity index (χ2v) is 6.48. The summed E-state index contributed by atoms with van der Waals surface area (Å²) in [5.74, 6) is -0.621. The quantitative estimate of drug-likeness (QED) is 0.577.